The van der Waals surface area contributed by atoms with Crippen LogP contribution in [0.25, 0.3) is 21.5 Å². The number of nitrogens with zero attached hydrogens (tertiary/aromatic N) is 5. The molecule has 1 aromatic carbocycles. The summed E-state index contributed by atoms with van der Waals surface area (Å²) in [6.07, 6.45) is 0.930. The second kappa shape index (κ2) is 5.22. The van der Waals surface area contributed by atoms with E-state index in [1.54, 1.807) is 32.9 Å². The first-order valence-corrected chi connectivity index (χ1v) is 6.11. The van der Waals surface area contributed by atoms with Gasteiger partial charge in [0.2, 0.25) is 0 Å². The molecular formula is C13H15N5O2. The van der Waals surface area contributed by atoms with Crippen LogP contribution < -0.4 is 0 Å². The number of hydrogen-bond acceptors (Lipinski definition) is 4. The molecule has 104 valence electrons. The number of carbonyl (C=O) groups is 1. The zero-order valence-corrected chi connectivity index (χ0v) is 11.6. The zero-order valence-electron chi connectivity index (χ0n) is 11.6. The molecule has 1 aromatic heterocycles. The molecule has 0 atom stereocenters. The first-order valence-electron chi connectivity index (χ1n) is 6.11. The molecule has 20 heavy (non-hydrogen) atoms. The van der Waals surface area contributed by atoms with Crippen LogP contribution in [0, 0.1) is 0 Å². The maximum absolute atomic E-state index is 12.1. The van der Waals surface area contributed by atoms with E-state index in [0.717, 1.165) is 5.56 Å². The van der Waals surface area contributed by atoms with Crippen LogP contribution >= 0.6 is 0 Å². The van der Waals surface area contributed by atoms with Crippen molar-refractivity contribution in [1.82, 2.24) is 9.55 Å². The first kappa shape index (κ1) is 13.9. The van der Waals surface area contributed by atoms with Crippen LogP contribution in [-0.4, -0.2) is 21.2 Å². The van der Waals surface area contributed by atoms with E-state index >= 15 is 0 Å². The van der Waals surface area contributed by atoms with Crippen molar-refractivity contribution < 1.29 is 9.53 Å². The van der Waals surface area contributed by atoms with E-state index in [1.807, 2.05) is 6.07 Å². The van der Waals surface area contributed by atoms with Crippen molar-refractivity contribution in [2.24, 2.45) is 5.11 Å². The molecular weight excluding hydrogens is 258 g/mol. The number of aromatic nitrogens is 2. The predicted molar refractivity (Wildman–Crippen MR) is 74.2 cm³/mol. The van der Waals surface area contributed by atoms with E-state index < -0.39 is 11.7 Å². The van der Waals surface area contributed by atoms with Gasteiger partial charge in [-0.05, 0) is 37.9 Å². The minimum atomic E-state index is -0.573. The number of rotatable bonds is 2. The Balaban J connectivity index is 2.42. The molecule has 2 rings (SSSR count). The van der Waals surface area contributed by atoms with Crippen molar-refractivity contribution in [2.75, 3.05) is 0 Å². The summed E-state index contributed by atoms with van der Waals surface area (Å²) in [4.78, 5) is 19.0. The molecule has 2 aromatic rings. The molecule has 1 heterocycles. The third kappa shape index (κ3) is 2.89. The fourth-order valence-electron chi connectivity index (χ4n) is 1.79. The highest BCUT2D eigenvalue weighted by Crippen LogP contribution is 2.20. The Morgan fingerprint density at radius 2 is 2.25 bits per heavy atom. The van der Waals surface area contributed by atoms with Crippen LogP contribution in [0.1, 0.15) is 26.3 Å². The summed E-state index contributed by atoms with van der Waals surface area (Å²) in [5.74, 6) is 0. The molecule has 0 radical (unpaired) electrons. The van der Waals surface area contributed by atoms with Gasteiger partial charge in [-0.25, -0.2) is 14.3 Å². The van der Waals surface area contributed by atoms with Crippen molar-refractivity contribution in [3.8, 4) is 0 Å². The number of imidazole rings is 1. The van der Waals surface area contributed by atoms with Gasteiger partial charge in [-0.15, -0.1) is 0 Å². The molecule has 7 nitrogen and oxygen atoms in total. The molecule has 7 heteroatoms. The lowest BCUT2D eigenvalue weighted by molar-refractivity contribution is 0.0543. The van der Waals surface area contributed by atoms with Crippen molar-refractivity contribution in [2.45, 2.75) is 32.9 Å². The van der Waals surface area contributed by atoms with Gasteiger partial charge in [0.1, 0.15) is 11.9 Å². The number of para-hydroxylation sites is 1. The van der Waals surface area contributed by atoms with Crippen LogP contribution in [0.3, 0.4) is 0 Å². The standard InChI is InChI=1S/C13H15N5O2/c1-13(2,3)20-12(19)18-8-15-11-9(7-16-17-14)5-4-6-10(11)18/h4-6,8H,7H2,1-3H3. The quantitative estimate of drug-likeness (QED) is 0.475. The van der Waals surface area contributed by atoms with Gasteiger partial charge in [-0.3, -0.25) is 0 Å². The molecule has 0 fully saturated rings. The zero-order chi connectivity index (χ0) is 14.8. The summed E-state index contributed by atoms with van der Waals surface area (Å²) >= 11 is 0. The molecule has 0 amide bonds. The summed E-state index contributed by atoms with van der Waals surface area (Å²) in [5.41, 5.74) is 9.83. The third-order valence-corrected chi connectivity index (χ3v) is 2.55. The van der Waals surface area contributed by atoms with Gasteiger partial charge in [-0.1, -0.05) is 17.2 Å². The number of carbonyl (C=O) groups excluding carboxylic acids is 1. The van der Waals surface area contributed by atoms with Gasteiger partial charge < -0.3 is 4.74 Å². The summed E-state index contributed by atoms with van der Waals surface area (Å²) in [6, 6.07) is 5.36. The maximum atomic E-state index is 12.1. The SMILES string of the molecule is CC(C)(C)OC(=O)n1cnc2c(CN=[N+]=[N-])cccc21. The molecule has 0 aliphatic heterocycles. The molecule has 0 bridgehead atoms. The lowest BCUT2D eigenvalue weighted by Crippen LogP contribution is -2.26. The van der Waals surface area contributed by atoms with Crippen LogP contribution in [-0.2, 0) is 11.3 Å². The largest absolute Gasteiger partial charge is 0.443 e. The lowest BCUT2D eigenvalue weighted by atomic mass is 10.2. The highest BCUT2D eigenvalue weighted by Gasteiger charge is 2.19. The molecule has 0 spiro atoms. The summed E-state index contributed by atoms with van der Waals surface area (Å²) in [7, 11) is 0. The number of benzene rings is 1. The van der Waals surface area contributed by atoms with E-state index in [0.29, 0.717) is 11.0 Å². The van der Waals surface area contributed by atoms with Crippen LogP contribution in [0.2, 0.25) is 0 Å². The highest BCUT2D eigenvalue weighted by atomic mass is 16.6. The van der Waals surface area contributed by atoms with Gasteiger partial charge in [0, 0.05) is 4.91 Å². The second-order valence-electron chi connectivity index (χ2n) is 5.27. The average Bonchev–Trinajstić information content (AvgIpc) is 2.78. The minimum absolute atomic E-state index is 0.194. The average molecular weight is 273 g/mol. The predicted octanol–water partition coefficient (Wildman–Crippen LogP) is 3.63. The molecule has 0 saturated heterocycles. The Morgan fingerprint density at radius 3 is 2.90 bits per heavy atom. The Bertz CT molecular complexity index is 692. The van der Waals surface area contributed by atoms with Gasteiger partial charge in [0.25, 0.3) is 0 Å². The van der Waals surface area contributed by atoms with Crippen molar-refractivity contribution in [3.63, 3.8) is 0 Å². The van der Waals surface area contributed by atoms with E-state index in [4.69, 9.17) is 10.3 Å². The van der Waals surface area contributed by atoms with E-state index in [1.165, 1.54) is 10.9 Å². The monoisotopic (exact) mass is 273 g/mol. The lowest BCUT2D eigenvalue weighted by Gasteiger charge is -2.19. The maximum Gasteiger partial charge on any atom is 0.420 e. The highest BCUT2D eigenvalue weighted by molar-refractivity contribution is 5.88. The number of azide groups is 1. The van der Waals surface area contributed by atoms with E-state index in [9.17, 15) is 4.79 Å². The van der Waals surface area contributed by atoms with Crippen molar-refractivity contribution in [3.05, 3.63) is 40.5 Å². The second-order valence-corrected chi connectivity index (χ2v) is 5.27. The Labute approximate surface area is 115 Å². The fourth-order valence-corrected chi connectivity index (χ4v) is 1.79. The fraction of sp³-hybridized carbons (Fsp3) is 0.385. The molecule has 0 N–H and O–H groups in total. The normalized spacial score (nSPS) is 11.2. The smallest absolute Gasteiger partial charge is 0.420 e. The first-order chi connectivity index (χ1) is 9.42. The molecule has 0 unspecified atom stereocenters. The summed E-state index contributed by atoms with van der Waals surface area (Å²) < 4.78 is 6.66. The summed E-state index contributed by atoms with van der Waals surface area (Å²) in [5, 5.41) is 3.52. The van der Waals surface area contributed by atoms with Gasteiger partial charge in [0.05, 0.1) is 17.6 Å². The molecule has 0 aliphatic carbocycles. The van der Waals surface area contributed by atoms with Gasteiger partial charge in [0.15, 0.2) is 0 Å². The van der Waals surface area contributed by atoms with Crippen LogP contribution in [0.15, 0.2) is 29.6 Å². The number of ether oxygens (including phenoxy) is 1. The number of hydrogen-bond donors (Lipinski definition) is 0. The van der Waals surface area contributed by atoms with E-state index in [2.05, 4.69) is 15.0 Å². The topological polar surface area (TPSA) is 92.9 Å². The van der Waals surface area contributed by atoms with Crippen molar-refractivity contribution >= 4 is 17.1 Å². The molecule has 0 saturated carbocycles. The van der Waals surface area contributed by atoms with Crippen LogP contribution in [0.5, 0.6) is 0 Å². The Hall–Kier alpha value is -2.53. The van der Waals surface area contributed by atoms with Gasteiger partial charge >= 0.3 is 6.09 Å². The van der Waals surface area contributed by atoms with Crippen molar-refractivity contribution in [1.29, 1.82) is 0 Å². The minimum Gasteiger partial charge on any atom is -0.443 e. The molecule has 0 aliphatic rings. The Kier molecular flexibility index (Phi) is 3.63. The van der Waals surface area contributed by atoms with Crippen LogP contribution in [0.4, 0.5) is 4.79 Å². The van der Waals surface area contributed by atoms with Gasteiger partial charge in [-0.2, -0.15) is 0 Å². The number of fused-ring (bicyclic) bond motifs is 1. The Morgan fingerprint density at radius 1 is 1.50 bits per heavy atom. The summed E-state index contributed by atoms with van der Waals surface area (Å²) in [6.45, 7) is 5.60. The van der Waals surface area contributed by atoms with E-state index in [-0.39, 0.29) is 6.54 Å². The third-order valence-electron chi connectivity index (χ3n) is 2.55.